The van der Waals surface area contributed by atoms with Crippen LogP contribution in [-0.2, 0) is 6.42 Å². The van der Waals surface area contributed by atoms with Crippen LogP contribution in [-0.4, -0.2) is 59.2 Å². The molecule has 0 unspecified atom stereocenters. The minimum Gasteiger partial charge on any atom is -0.493 e. The first kappa shape index (κ1) is 20.4. The lowest BCUT2D eigenvalue weighted by atomic mass is 10.1. The zero-order valence-corrected chi connectivity index (χ0v) is 18.0. The highest BCUT2D eigenvalue weighted by molar-refractivity contribution is 5.75. The number of nitrogens with one attached hydrogen (secondary N) is 1. The third-order valence-corrected chi connectivity index (χ3v) is 4.90. The Bertz CT molecular complexity index is 1170. The number of aromatic nitrogens is 5. The van der Waals surface area contributed by atoms with Crippen LogP contribution in [0.4, 0.5) is 11.8 Å². The molecule has 0 aliphatic rings. The molecule has 0 radical (unpaired) electrons. The molecule has 0 saturated heterocycles. The van der Waals surface area contributed by atoms with Crippen LogP contribution in [0.25, 0.3) is 16.9 Å². The van der Waals surface area contributed by atoms with Crippen LogP contribution in [0, 0.1) is 0 Å². The zero-order chi connectivity index (χ0) is 21.8. The van der Waals surface area contributed by atoms with Gasteiger partial charge in [0.1, 0.15) is 11.5 Å². The van der Waals surface area contributed by atoms with Gasteiger partial charge in [0.25, 0.3) is 0 Å². The van der Waals surface area contributed by atoms with E-state index in [1.54, 1.807) is 39.0 Å². The van der Waals surface area contributed by atoms with Crippen LogP contribution in [0.1, 0.15) is 5.56 Å². The molecule has 0 fully saturated rings. The number of rotatable bonds is 8. The summed E-state index contributed by atoms with van der Waals surface area (Å²) in [5, 5.41) is 3.52. The molecule has 3 aromatic heterocycles. The highest BCUT2D eigenvalue weighted by Crippen LogP contribution is 2.29. The molecule has 0 aliphatic heterocycles. The first-order chi connectivity index (χ1) is 15.1. The molecule has 4 rings (SSSR count). The lowest BCUT2D eigenvalue weighted by Crippen LogP contribution is -2.12. The molecular weight excluding hydrogens is 394 g/mol. The van der Waals surface area contributed by atoms with Crippen molar-refractivity contribution in [2.24, 2.45) is 0 Å². The van der Waals surface area contributed by atoms with Crippen LogP contribution in [0.15, 0.2) is 49.2 Å². The molecule has 0 amide bonds. The number of methoxy groups -OCH3 is 2. The van der Waals surface area contributed by atoms with Gasteiger partial charge < -0.3 is 19.7 Å². The lowest BCUT2D eigenvalue weighted by Gasteiger charge is -2.12. The summed E-state index contributed by atoms with van der Waals surface area (Å²) < 4.78 is 12.7. The number of imidazole rings is 1. The Balaban J connectivity index is 1.59. The summed E-state index contributed by atoms with van der Waals surface area (Å²) in [7, 11) is 7.09. The summed E-state index contributed by atoms with van der Waals surface area (Å²) in [6.07, 6.45) is 9.74. The summed E-state index contributed by atoms with van der Waals surface area (Å²) >= 11 is 0. The number of fused-ring (bicyclic) bond motifs is 1. The fourth-order valence-corrected chi connectivity index (χ4v) is 3.31. The minimum absolute atomic E-state index is 0.650. The van der Waals surface area contributed by atoms with Crippen LogP contribution in [0.3, 0.4) is 0 Å². The van der Waals surface area contributed by atoms with Gasteiger partial charge in [-0.05, 0) is 24.1 Å². The molecule has 160 valence electrons. The van der Waals surface area contributed by atoms with Crippen molar-refractivity contribution in [1.82, 2.24) is 24.3 Å². The monoisotopic (exact) mass is 419 g/mol. The van der Waals surface area contributed by atoms with Gasteiger partial charge in [0, 0.05) is 51.0 Å². The molecule has 1 N–H and O–H groups in total. The Morgan fingerprint density at radius 3 is 2.52 bits per heavy atom. The van der Waals surface area contributed by atoms with Gasteiger partial charge in [-0.2, -0.15) is 0 Å². The first-order valence-corrected chi connectivity index (χ1v) is 9.87. The van der Waals surface area contributed by atoms with Crippen molar-refractivity contribution in [3.05, 3.63) is 54.7 Å². The molecule has 1 aromatic carbocycles. The third-order valence-electron chi connectivity index (χ3n) is 4.90. The van der Waals surface area contributed by atoms with Crippen molar-refractivity contribution in [3.8, 4) is 22.8 Å². The molecule has 3 heterocycles. The van der Waals surface area contributed by atoms with E-state index in [1.807, 2.05) is 47.8 Å². The van der Waals surface area contributed by atoms with E-state index in [0.29, 0.717) is 12.5 Å². The van der Waals surface area contributed by atoms with E-state index < -0.39 is 0 Å². The predicted molar refractivity (Wildman–Crippen MR) is 120 cm³/mol. The maximum atomic E-state index is 5.41. The van der Waals surface area contributed by atoms with E-state index in [1.165, 1.54) is 0 Å². The first-order valence-electron chi connectivity index (χ1n) is 9.87. The fraction of sp³-hybridized carbons (Fsp3) is 0.273. The van der Waals surface area contributed by atoms with Crippen LogP contribution < -0.4 is 19.7 Å². The van der Waals surface area contributed by atoms with E-state index in [9.17, 15) is 0 Å². The maximum Gasteiger partial charge on any atom is 0.224 e. The molecule has 0 spiro atoms. The van der Waals surface area contributed by atoms with E-state index in [-0.39, 0.29) is 0 Å². The Hall–Kier alpha value is -3.88. The van der Waals surface area contributed by atoms with Gasteiger partial charge in [-0.3, -0.25) is 9.38 Å². The second-order valence-electron chi connectivity index (χ2n) is 7.15. The predicted octanol–water partition coefficient (Wildman–Crippen LogP) is 2.92. The second kappa shape index (κ2) is 8.86. The number of ether oxygens (including phenoxy) is 2. The van der Waals surface area contributed by atoms with Gasteiger partial charge in [-0.15, -0.1) is 0 Å². The van der Waals surface area contributed by atoms with Gasteiger partial charge in [0.05, 0.1) is 20.4 Å². The Kier molecular flexibility index (Phi) is 5.83. The molecule has 0 saturated carbocycles. The second-order valence-corrected chi connectivity index (χ2v) is 7.15. The Morgan fingerprint density at radius 2 is 1.81 bits per heavy atom. The zero-order valence-electron chi connectivity index (χ0n) is 18.0. The molecule has 4 aromatic rings. The van der Waals surface area contributed by atoms with Crippen molar-refractivity contribution < 1.29 is 9.47 Å². The van der Waals surface area contributed by atoms with Gasteiger partial charge in [0.2, 0.25) is 5.95 Å². The molecule has 0 bridgehead atoms. The number of hydrogen-bond acceptors (Lipinski definition) is 8. The SMILES string of the molecule is COc1ccc(CCNc2c(-c3cnc(N(C)C)nc3)nc3cnccn23)cc1OC. The Morgan fingerprint density at radius 1 is 1.03 bits per heavy atom. The highest BCUT2D eigenvalue weighted by Gasteiger charge is 2.15. The average Bonchev–Trinajstić information content (AvgIpc) is 3.17. The number of anilines is 2. The summed E-state index contributed by atoms with van der Waals surface area (Å²) in [4.78, 5) is 19.6. The summed E-state index contributed by atoms with van der Waals surface area (Å²) in [6, 6.07) is 5.95. The quantitative estimate of drug-likeness (QED) is 0.466. The van der Waals surface area contributed by atoms with Crippen molar-refractivity contribution in [2.45, 2.75) is 6.42 Å². The number of hydrogen-bond donors (Lipinski definition) is 1. The molecule has 0 aliphatic carbocycles. The van der Waals surface area contributed by atoms with E-state index in [2.05, 4.69) is 20.3 Å². The maximum absolute atomic E-state index is 5.41. The van der Waals surface area contributed by atoms with Gasteiger partial charge in [0.15, 0.2) is 17.1 Å². The standard InChI is InChI=1S/C22H25N7O2/c1-28(2)22-25-12-16(13-26-22)20-21(29-10-9-23-14-19(29)27-20)24-8-7-15-5-6-17(30-3)18(11-15)31-4/h5-6,9-14,24H,7-8H2,1-4H3. The lowest BCUT2D eigenvalue weighted by molar-refractivity contribution is 0.354. The van der Waals surface area contributed by atoms with E-state index >= 15 is 0 Å². The minimum atomic E-state index is 0.650. The largest absolute Gasteiger partial charge is 0.493 e. The fourth-order valence-electron chi connectivity index (χ4n) is 3.31. The van der Waals surface area contributed by atoms with Gasteiger partial charge >= 0.3 is 0 Å². The summed E-state index contributed by atoms with van der Waals surface area (Å²) in [5.74, 6) is 2.97. The average molecular weight is 419 g/mol. The van der Waals surface area contributed by atoms with Crippen LogP contribution in [0.5, 0.6) is 11.5 Å². The summed E-state index contributed by atoms with van der Waals surface area (Å²) in [5.41, 5.74) is 3.51. The number of benzene rings is 1. The van der Waals surface area contributed by atoms with Crippen molar-refractivity contribution in [2.75, 3.05) is 45.1 Å². The van der Waals surface area contributed by atoms with Crippen LogP contribution in [0.2, 0.25) is 0 Å². The normalized spacial score (nSPS) is 10.8. The molecular formula is C22H25N7O2. The Labute approximate surface area is 180 Å². The van der Waals surface area contributed by atoms with Gasteiger partial charge in [-0.25, -0.2) is 15.0 Å². The van der Waals surface area contributed by atoms with Crippen molar-refractivity contribution in [1.29, 1.82) is 0 Å². The van der Waals surface area contributed by atoms with Crippen molar-refractivity contribution in [3.63, 3.8) is 0 Å². The number of nitrogens with zero attached hydrogens (tertiary/aromatic N) is 6. The smallest absolute Gasteiger partial charge is 0.224 e. The third kappa shape index (κ3) is 4.20. The van der Waals surface area contributed by atoms with Gasteiger partial charge in [-0.1, -0.05) is 6.07 Å². The van der Waals surface area contributed by atoms with Crippen LogP contribution >= 0.6 is 0 Å². The summed E-state index contributed by atoms with van der Waals surface area (Å²) in [6.45, 7) is 0.704. The van der Waals surface area contributed by atoms with E-state index in [4.69, 9.17) is 14.5 Å². The molecule has 9 nitrogen and oxygen atoms in total. The molecule has 9 heteroatoms. The molecule has 0 atom stereocenters. The van der Waals surface area contributed by atoms with E-state index in [0.717, 1.165) is 46.2 Å². The van der Waals surface area contributed by atoms with Crippen molar-refractivity contribution >= 4 is 17.4 Å². The highest BCUT2D eigenvalue weighted by atomic mass is 16.5. The topological polar surface area (TPSA) is 89.7 Å². The molecule has 31 heavy (non-hydrogen) atoms.